The van der Waals surface area contributed by atoms with Crippen LogP contribution >= 0.6 is 0 Å². The average Bonchev–Trinajstić information content (AvgIpc) is 3.72. The van der Waals surface area contributed by atoms with E-state index < -0.39 is 5.60 Å². The number of anilines is 2. The van der Waals surface area contributed by atoms with E-state index in [1.807, 2.05) is 42.6 Å². The lowest BCUT2D eigenvalue weighted by atomic mass is 9.80. The van der Waals surface area contributed by atoms with Crippen LogP contribution in [0.25, 0.3) is 11.3 Å². The normalized spacial score (nSPS) is 19.0. The first-order valence-electron chi connectivity index (χ1n) is 15.7. The largest absolute Gasteiger partial charge is 0.444 e. The van der Waals surface area contributed by atoms with E-state index in [1.165, 1.54) is 5.56 Å². The Balaban J connectivity index is 1.16. The van der Waals surface area contributed by atoms with Crippen LogP contribution in [0, 0.1) is 18.3 Å². The molecule has 2 aromatic heterocycles. The number of hydrogen-bond acceptors (Lipinski definition) is 7. The molecule has 236 valence electrons. The molecule has 44 heavy (non-hydrogen) atoms. The minimum Gasteiger partial charge on any atom is -0.444 e. The Kier molecular flexibility index (Phi) is 9.00. The molecular formula is C34H47N7O3. The molecule has 3 aromatic rings. The second-order valence-corrected chi connectivity index (χ2v) is 14.3. The van der Waals surface area contributed by atoms with Crippen molar-refractivity contribution in [1.29, 1.82) is 0 Å². The molecule has 10 nitrogen and oxygen atoms in total. The molecule has 5 rings (SSSR count). The van der Waals surface area contributed by atoms with Crippen molar-refractivity contribution in [1.82, 2.24) is 29.5 Å². The summed E-state index contributed by atoms with van der Waals surface area (Å²) in [5.41, 5.74) is 4.65. The molecule has 1 N–H and O–H groups in total. The second kappa shape index (κ2) is 12.6. The van der Waals surface area contributed by atoms with Crippen LogP contribution in [0.3, 0.4) is 0 Å². The molecule has 2 aliphatic rings. The van der Waals surface area contributed by atoms with Gasteiger partial charge >= 0.3 is 6.09 Å². The second-order valence-electron chi connectivity index (χ2n) is 14.3. The molecule has 1 unspecified atom stereocenters. The Bertz CT molecular complexity index is 1490. The van der Waals surface area contributed by atoms with E-state index in [9.17, 15) is 9.59 Å². The quantitative estimate of drug-likeness (QED) is 0.334. The summed E-state index contributed by atoms with van der Waals surface area (Å²) in [5, 5.41) is 7.79. The highest BCUT2D eigenvalue weighted by atomic mass is 16.6. The summed E-state index contributed by atoms with van der Waals surface area (Å²) in [4.78, 5) is 38.3. The molecule has 4 heterocycles. The number of aromatic nitrogens is 4. The number of aryl methyl sites for hydroxylation is 2. The van der Waals surface area contributed by atoms with Crippen molar-refractivity contribution >= 4 is 23.6 Å². The van der Waals surface area contributed by atoms with Gasteiger partial charge in [0.1, 0.15) is 5.60 Å². The minimum atomic E-state index is -0.516. The van der Waals surface area contributed by atoms with Crippen LogP contribution in [0.1, 0.15) is 78.0 Å². The molecule has 2 atom stereocenters. The summed E-state index contributed by atoms with van der Waals surface area (Å²) < 4.78 is 7.40. The van der Waals surface area contributed by atoms with Gasteiger partial charge in [0.25, 0.3) is 0 Å². The molecule has 2 saturated heterocycles. The fourth-order valence-electron chi connectivity index (χ4n) is 5.99. The minimum absolute atomic E-state index is 0.0814. The number of nitrogens with one attached hydrogen (secondary N) is 1. The third kappa shape index (κ3) is 7.76. The summed E-state index contributed by atoms with van der Waals surface area (Å²) in [6.45, 7) is 17.5. The van der Waals surface area contributed by atoms with Gasteiger partial charge in [-0.05, 0) is 81.5 Å². The third-order valence-electron chi connectivity index (χ3n) is 8.71. The number of rotatable bonds is 7. The number of benzene rings is 1. The molecule has 10 heteroatoms. The monoisotopic (exact) mass is 601 g/mol. The maximum atomic E-state index is 12.9. The van der Waals surface area contributed by atoms with Gasteiger partial charge in [0.05, 0.1) is 23.6 Å². The fourth-order valence-corrected chi connectivity index (χ4v) is 5.99. The molecule has 0 bridgehead atoms. The summed E-state index contributed by atoms with van der Waals surface area (Å²) in [6.07, 6.45) is 8.30. The van der Waals surface area contributed by atoms with Crippen LogP contribution in [0.4, 0.5) is 16.4 Å². The Morgan fingerprint density at radius 3 is 2.50 bits per heavy atom. The first-order valence-corrected chi connectivity index (χ1v) is 15.7. The lowest BCUT2D eigenvalue weighted by molar-refractivity contribution is -0.130. The Labute approximate surface area is 261 Å². The maximum Gasteiger partial charge on any atom is 0.410 e. The Hall–Kier alpha value is -3.95. The van der Waals surface area contributed by atoms with Gasteiger partial charge in [0.2, 0.25) is 11.9 Å². The zero-order chi connectivity index (χ0) is 31.6. The van der Waals surface area contributed by atoms with Crippen LogP contribution in [0.15, 0.2) is 42.9 Å². The maximum absolute atomic E-state index is 12.9. The van der Waals surface area contributed by atoms with Crippen molar-refractivity contribution in [3.63, 3.8) is 0 Å². The van der Waals surface area contributed by atoms with E-state index >= 15 is 0 Å². The number of hydrogen-bond donors (Lipinski definition) is 1. The van der Waals surface area contributed by atoms with Gasteiger partial charge in [-0.15, -0.1) is 0 Å². The third-order valence-corrected chi connectivity index (χ3v) is 8.71. The van der Waals surface area contributed by atoms with E-state index in [0.29, 0.717) is 31.4 Å². The first-order chi connectivity index (χ1) is 20.7. The van der Waals surface area contributed by atoms with Crippen molar-refractivity contribution in [2.75, 3.05) is 31.5 Å². The zero-order valence-electron chi connectivity index (χ0n) is 27.3. The highest BCUT2D eigenvalue weighted by Gasteiger charge is 2.34. The molecule has 0 aliphatic carbocycles. The fraction of sp³-hybridized carbons (Fsp3) is 0.559. The summed E-state index contributed by atoms with van der Waals surface area (Å²) in [5.74, 6) is 1.30. The molecule has 0 spiro atoms. The number of amides is 2. The Morgan fingerprint density at radius 1 is 1.02 bits per heavy atom. The SMILES string of the molecule is Cc1cc(-c2ccnc(Nc3cnn([C@H]4CCN(C(=O)OC(C)(C)C)C4)c3)n2)ccc1CCC(=O)N1CCC(C(C)(C)C)C1. The highest BCUT2D eigenvalue weighted by molar-refractivity contribution is 5.77. The number of carbonyl (C=O) groups is 2. The zero-order valence-corrected chi connectivity index (χ0v) is 27.3. The van der Waals surface area contributed by atoms with Crippen LogP contribution in [-0.4, -0.2) is 73.3 Å². The van der Waals surface area contributed by atoms with E-state index in [2.05, 4.69) is 61.3 Å². The predicted octanol–water partition coefficient (Wildman–Crippen LogP) is 6.40. The number of carbonyl (C=O) groups excluding carboxylic acids is 2. The number of likely N-dealkylation sites (tertiary alicyclic amines) is 2. The summed E-state index contributed by atoms with van der Waals surface area (Å²) >= 11 is 0. The van der Waals surface area contributed by atoms with Gasteiger partial charge in [-0.1, -0.05) is 32.9 Å². The molecule has 2 amide bonds. The molecule has 2 fully saturated rings. The van der Waals surface area contributed by atoms with E-state index in [4.69, 9.17) is 9.72 Å². The van der Waals surface area contributed by atoms with Gasteiger partial charge in [-0.2, -0.15) is 5.10 Å². The molecule has 0 radical (unpaired) electrons. The molecular weight excluding hydrogens is 554 g/mol. The number of ether oxygens (including phenoxy) is 1. The molecule has 0 saturated carbocycles. The van der Waals surface area contributed by atoms with Crippen LogP contribution in [0.2, 0.25) is 0 Å². The average molecular weight is 602 g/mol. The number of nitrogens with zero attached hydrogens (tertiary/aromatic N) is 6. The standard InChI is InChI=1S/C34H47N7O3/c1-23-18-25(9-8-24(23)10-11-30(42)39-16-13-26(20-39)33(2,3)4)29-12-15-35-31(38-29)37-27-19-36-41(21-27)28-14-17-40(22-28)32(43)44-34(5,6)7/h8-9,12,15,18-19,21,26,28H,10-11,13-14,16-17,20,22H2,1-7H3,(H,35,37,38)/t26?,28-/m0/s1. The lowest BCUT2D eigenvalue weighted by Crippen LogP contribution is -2.35. The van der Waals surface area contributed by atoms with Crippen molar-refractivity contribution in [2.45, 2.75) is 85.8 Å². The lowest BCUT2D eigenvalue weighted by Gasteiger charge is -2.27. The van der Waals surface area contributed by atoms with Gasteiger partial charge < -0.3 is 19.9 Å². The van der Waals surface area contributed by atoms with Crippen LogP contribution in [-0.2, 0) is 16.0 Å². The van der Waals surface area contributed by atoms with Gasteiger partial charge in [0.15, 0.2) is 0 Å². The van der Waals surface area contributed by atoms with E-state index in [0.717, 1.165) is 54.9 Å². The van der Waals surface area contributed by atoms with Crippen molar-refractivity contribution < 1.29 is 14.3 Å². The van der Waals surface area contributed by atoms with Crippen molar-refractivity contribution in [2.24, 2.45) is 11.3 Å². The van der Waals surface area contributed by atoms with Crippen molar-refractivity contribution in [3.05, 3.63) is 54.0 Å². The first kappa shape index (κ1) is 31.5. The summed E-state index contributed by atoms with van der Waals surface area (Å²) in [6, 6.07) is 8.29. The van der Waals surface area contributed by atoms with Crippen molar-refractivity contribution in [3.8, 4) is 11.3 Å². The van der Waals surface area contributed by atoms with Crippen LogP contribution in [0.5, 0.6) is 0 Å². The predicted molar refractivity (Wildman–Crippen MR) is 172 cm³/mol. The van der Waals surface area contributed by atoms with Gasteiger partial charge in [0, 0.05) is 50.6 Å². The topological polar surface area (TPSA) is 105 Å². The van der Waals surface area contributed by atoms with Crippen LogP contribution < -0.4 is 5.32 Å². The molecule has 1 aromatic carbocycles. The smallest absolute Gasteiger partial charge is 0.410 e. The van der Waals surface area contributed by atoms with Gasteiger partial charge in [-0.25, -0.2) is 14.8 Å². The van der Waals surface area contributed by atoms with Gasteiger partial charge in [-0.3, -0.25) is 9.48 Å². The molecule has 2 aliphatic heterocycles. The van der Waals surface area contributed by atoms with E-state index in [1.54, 1.807) is 17.3 Å². The highest BCUT2D eigenvalue weighted by Crippen LogP contribution is 2.34. The van der Waals surface area contributed by atoms with E-state index in [-0.39, 0.29) is 23.5 Å². The Morgan fingerprint density at radius 2 is 1.80 bits per heavy atom. The summed E-state index contributed by atoms with van der Waals surface area (Å²) in [7, 11) is 0.